The van der Waals surface area contributed by atoms with Crippen LogP contribution in [0.3, 0.4) is 0 Å². The number of non-ortho nitro benzene ring substituents is 1. The number of nitro benzene ring substituents is 1. The van der Waals surface area contributed by atoms with Gasteiger partial charge in [-0.2, -0.15) is 0 Å². The van der Waals surface area contributed by atoms with Gasteiger partial charge in [0.05, 0.1) is 10.5 Å². The Labute approximate surface area is 161 Å². The number of benzene rings is 2. The number of nitrogens with one attached hydrogen (secondary N) is 1. The van der Waals surface area contributed by atoms with Crippen molar-refractivity contribution in [3.05, 3.63) is 62.3 Å². The monoisotopic (exact) mass is 382 g/mol. The van der Waals surface area contributed by atoms with Gasteiger partial charge < -0.3 is 15.6 Å². The van der Waals surface area contributed by atoms with Crippen LogP contribution in [0.5, 0.6) is 0 Å². The number of carbonyl (C=O) groups is 2. The number of hydrogen-bond acceptors (Lipinski definition) is 6. The predicted molar refractivity (Wildman–Crippen MR) is 105 cm³/mol. The van der Waals surface area contributed by atoms with Crippen LogP contribution in [-0.4, -0.2) is 34.6 Å². The maximum Gasteiger partial charge on any atom is 0.270 e. The number of nitrogens with zero attached hydrogens (tertiary/aromatic N) is 2. The fourth-order valence-corrected chi connectivity index (χ4v) is 3.56. The van der Waals surface area contributed by atoms with Crippen LogP contribution in [0, 0.1) is 15.3 Å². The molecule has 2 aromatic rings. The highest BCUT2D eigenvalue weighted by atomic mass is 16.6. The van der Waals surface area contributed by atoms with E-state index in [1.165, 1.54) is 30.3 Å². The molecule has 1 N–H and O–H groups in total. The second-order valence-corrected chi connectivity index (χ2v) is 6.66. The van der Waals surface area contributed by atoms with Gasteiger partial charge in [-0.3, -0.25) is 19.7 Å². The second-order valence-electron chi connectivity index (χ2n) is 6.66. The van der Waals surface area contributed by atoms with Crippen molar-refractivity contribution in [2.24, 2.45) is 0 Å². The maximum absolute atomic E-state index is 13.2. The smallest absolute Gasteiger partial charge is 0.270 e. The molecule has 0 atom stereocenters. The van der Waals surface area contributed by atoms with E-state index in [4.69, 9.17) is 0 Å². The Morgan fingerprint density at radius 1 is 1.07 bits per heavy atom. The zero-order valence-corrected chi connectivity index (χ0v) is 15.7. The lowest BCUT2D eigenvalue weighted by Crippen LogP contribution is -2.33. The summed E-state index contributed by atoms with van der Waals surface area (Å²) in [4.78, 5) is 38.3. The molecule has 0 bridgehead atoms. The van der Waals surface area contributed by atoms with Crippen LogP contribution in [0.25, 0.3) is 11.1 Å². The zero-order chi connectivity index (χ0) is 20.4. The largest absolute Gasteiger partial charge is 0.761 e. The molecule has 0 aliphatic heterocycles. The van der Waals surface area contributed by atoms with E-state index in [9.17, 15) is 24.9 Å². The average Bonchev–Trinajstić information content (AvgIpc) is 2.98. The Bertz CT molecular complexity index is 965. The molecule has 0 radical (unpaired) electrons. The van der Waals surface area contributed by atoms with E-state index in [1.807, 2.05) is 13.8 Å². The number of rotatable bonds is 7. The van der Waals surface area contributed by atoms with Gasteiger partial charge in [-0.1, -0.05) is 13.8 Å². The van der Waals surface area contributed by atoms with Crippen molar-refractivity contribution >= 4 is 23.1 Å². The second kappa shape index (κ2) is 7.77. The number of amides is 1. The molecule has 1 amide bonds. The van der Waals surface area contributed by atoms with E-state index in [1.54, 1.807) is 10.4 Å². The molecule has 1 aliphatic rings. The van der Waals surface area contributed by atoms with E-state index in [0.29, 0.717) is 24.2 Å². The Hall–Kier alpha value is -3.26. The highest BCUT2D eigenvalue weighted by Gasteiger charge is 2.33. The minimum Gasteiger partial charge on any atom is -0.761 e. The molecule has 8 nitrogen and oxygen atoms in total. The number of carbonyl (C=O) groups excluding carboxylic acids is 2. The first kappa shape index (κ1) is 19.5. The van der Waals surface area contributed by atoms with Gasteiger partial charge in [-0.25, -0.2) is 0 Å². The lowest BCUT2D eigenvalue weighted by molar-refractivity contribution is -0.384. The average molecular weight is 382 g/mol. The van der Waals surface area contributed by atoms with Gasteiger partial charge in [0.15, 0.2) is 5.78 Å². The summed E-state index contributed by atoms with van der Waals surface area (Å²) in [6.07, 6.45) is 1.55. The van der Waals surface area contributed by atoms with Crippen LogP contribution >= 0.6 is 0 Å². The topological polar surface area (TPSA) is 116 Å². The van der Waals surface area contributed by atoms with Crippen molar-refractivity contribution < 1.29 is 14.5 Å². The summed E-state index contributed by atoms with van der Waals surface area (Å²) >= 11 is 0. The number of anilines is 1. The van der Waals surface area contributed by atoms with Gasteiger partial charge >= 0.3 is 0 Å². The molecule has 0 unspecified atom stereocenters. The fraction of sp³-hybridized carbons (Fsp3) is 0.300. The molecule has 8 heteroatoms. The van der Waals surface area contributed by atoms with E-state index >= 15 is 0 Å². The number of hydrogen-bond donors (Lipinski definition) is 1. The van der Waals surface area contributed by atoms with Crippen molar-refractivity contribution in [3.63, 3.8) is 0 Å². The van der Waals surface area contributed by atoms with Gasteiger partial charge in [0.2, 0.25) is 0 Å². The first-order valence-electron chi connectivity index (χ1n) is 9.11. The fourth-order valence-electron chi connectivity index (χ4n) is 3.56. The summed E-state index contributed by atoms with van der Waals surface area (Å²) in [6, 6.07) is 6.84. The van der Waals surface area contributed by atoms with Gasteiger partial charge in [0, 0.05) is 47.6 Å². The summed E-state index contributed by atoms with van der Waals surface area (Å²) in [5, 5.41) is 22.3. The van der Waals surface area contributed by atoms with Crippen molar-refractivity contribution in [2.45, 2.75) is 26.7 Å². The summed E-state index contributed by atoms with van der Waals surface area (Å²) in [6.45, 7) is 5.04. The maximum atomic E-state index is 13.2. The molecule has 0 aromatic heterocycles. The third kappa shape index (κ3) is 3.22. The molecule has 0 saturated carbocycles. The molecule has 0 saturated heterocycles. The van der Waals surface area contributed by atoms with Crippen molar-refractivity contribution in [1.29, 1.82) is 0 Å². The van der Waals surface area contributed by atoms with E-state index in [-0.39, 0.29) is 34.0 Å². The summed E-state index contributed by atoms with van der Waals surface area (Å²) in [5.41, 5.74) is 3.17. The van der Waals surface area contributed by atoms with Gasteiger partial charge in [-0.05, 0) is 36.6 Å². The molecule has 0 spiro atoms. The molecule has 1 aliphatic carbocycles. The highest BCUT2D eigenvalue weighted by Crippen LogP contribution is 2.42. The Balaban J connectivity index is 2.20. The normalized spacial score (nSPS) is 11.8. The van der Waals surface area contributed by atoms with Crippen LogP contribution < -0.4 is 5.48 Å². The van der Waals surface area contributed by atoms with E-state index in [2.05, 4.69) is 0 Å². The lowest BCUT2D eigenvalue weighted by Gasteiger charge is -2.24. The van der Waals surface area contributed by atoms with Crippen LogP contribution in [0.2, 0.25) is 0 Å². The van der Waals surface area contributed by atoms with Crippen molar-refractivity contribution in [2.75, 3.05) is 18.6 Å². The van der Waals surface area contributed by atoms with Crippen LogP contribution in [0.1, 0.15) is 53.0 Å². The Morgan fingerprint density at radius 3 is 2.32 bits per heavy atom. The number of fused-ring (bicyclic) bond motifs is 3. The van der Waals surface area contributed by atoms with E-state index < -0.39 is 10.7 Å². The summed E-state index contributed by atoms with van der Waals surface area (Å²) in [5.74, 6) is -0.701. The van der Waals surface area contributed by atoms with Crippen molar-refractivity contribution in [3.8, 4) is 11.1 Å². The predicted octanol–water partition coefficient (Wildman–Crippen LogP) is 3.98. The molecule has 146 valence electrons. The minimum absolute atomic E-state index is 0.103. The summed E-state index contributed by atoms with van der Waals surface area (Å²) < 4.78 is 0. The van der Waals surface area contributed by atoms with Crippen LogP contribution in [0.4, 0.5) is 11.4 Å². The minimum atomic E-state index is -0.572. The highest BCUT2D eigenvalue weighted by molar-refractivity contribution is 6.25. The zero-order valence-electron chi connectivity index (χ0n) is 15.7. The first-order chi connectivity index (χ1) is 13.4. The first-order valence-corrected chi connectivity index (χ1v) is 9.11. The molecular formula is C20H20N3O5-. The lowest BCUT2D eigenvalue weighted by atomic mass is 9.97. The van der Waals surface area contributed by atoms with Crippen molar-refractivity contribution in [1.82, 2.24) is 4.90 Å². The third-order valence-corrected chi connectivity index (χ3v) is 4.73. The van der Waals surface area contributed by atoms with E-state index in [0.717, 1.165) is 12.8 Å². The third-order valence-electron chi connectivity index (χ3n) is 4.73. The molecular weight excluding hydrogens is 362 g/mol. The summed E-state index contributed by atoms with van der Waals surface area (Å²) in [7, 11) is 0. The molecule has 2 aromatic carbocycles. The Kier molecular flexibility index (Phi) is 5.41. The number of nitro groups is 1. The molecule has 0 fully saturated rings. The molecule has 28 heavy (non-hydrogen) atoms. The van der Waals surface area contributed by atoms with Gasteiger partial charge in [0.1, 0.15) is 0 Å². The van der Waals surface area contributed by atoms with Gasteiger partial charge in [0.25, 0.3) is 11.6 Å². The van der Waals surface area contributed by atoms with Crippen LogP contribution in [0.15, 0.2) is 30.3 Å². The van der Waals surface area contributed by atoms with Crippen LogP contribution in [-0.2, 0) is 0 Å². The standard InChI is InChI=1S/C20H20N3O5/c1-3-7-22(8-4-2)20(25)17-10-12(21-26)9-16-18(17)14-6-5-13(23(27)28)11-15(14)19(16)24/h5-6,9-11,21H,3-4,7-8H2,1-2H3/q-1. The Morgan fingerprint density at radius 2 is 1.75 bits per heavy atom. The number of ketones is 1. The molecule has 0 heterocycles. The van der Waals surface area contributed by atoms with Gasteiger partial charge in [-0.15, -0.1) is 0 Å². The quantitative estimate of drug-likeness (QED) is 0.488. The molecule has 3 rings (SSSR count). The SMILES string of the molecule is CCCN(CCC)C(=O)c1cc(N[O-])cc2c1-c1ccc([N+](=O)[O-])cc1C2=O.